The zero-order valence-corrected chi connectivity index (χ0v) is 16.3. The molecule has 0 unspecified atom stereocenters. The Labute approximate surface area is 157 Å². The second kappa shape index (κ2) is 6.73. The van der Waals surface area contributed by atoms with Crippen LogP contribution in [0.5, 0.6) is 0 Å². The zero-order valence-electron chi connectivity index (χ0n) is 14.7. The van der Waals surface area contributed by atoms with Gasteiger partial charge in [0, 0.05) is 17.6 Å². The molecular weight excluding hydrogens is 346 g/mol. The van der Waals surface area contributed by atoms with Crippen molar-refractivity contribution in [3.63, 3.8) is 0 Å². The minimum absolute atomic E-state index is 0.0890. The molecule has 130 valence electrons. The topological polar surface area (TPSA) is 30.0 Å². The fraction of sp³-hybridized carbons (Fsp3) is 0.429. The molecule has 2 aliphatic carbocycles. The van der Waals surface area contributed by atoms with Gasteiger partial charge >= 0.3 is 0 Å². The van der Waals surface area contributed by atoms with E-state index in [0.29, 0.717) is 18.3 Å². The van der Waals surface area contributed by atoms with Crippen LogP contribution in [0.1, 0.15) is 33.1 Å². The molecule has 2 nitrogen and oxygen atoms in total. The highest BCUT2D eigenvalue weighted by atomic mass is 32.2. The molecule has 0 bridgehead atoms. The van der Waals surface area contributed by atoms with E-state index in [4.69, 9.17) is 4.98 Å². The maximum atomic E-state index is 11.7. The summed E-state index contributed by atoms with van der Waals surface area (Å²) in [6.07, 6.45) is 9.26. The highest BCUT2D eigenvalue weighted by molar-refractivity contribution is 8.01. The quantitative estimate of drug-likeness (QED) is 0.497. The molecule has 4 rings (SSSR count). The molecule has 0 N–H and O–H groups in total. The molecule has 0 radical (unpaired) electrons. The van der Waals surface area contributed by atoms with Crippen molar-refractivity contribution in [3.05, 3.63) is 48.1 Å². The van der Waals surface area contributed by atoms with Crippen LogP contribution in [0.25, 0.3) is 10.2 Å². The van der Waals surface area contributed by atoms with Crippen molar-refractivity contribution in [2.24, 2.45) is 17.3 Å². The first-order valence-electron chi connectivity index (χ1n) is 8.99. The largest absolute Gasteiger partial charge is 0.295 e. The number of carbonyl (C=O) groups excluding carboxylic acids is 1. The first-order chi connectivity index (χ1) is 12.1. The van der Waals surface area contributed by atoms with Crippen molar-refractivity contribution in [1.82, 2.24) is 4.98 Å². The summed E-state index contributed by atoms with van der Waals surface area (Å²) >= 11 is 3.67. The lowest BCUT2D eigenvalue weighted by Crippen LogP contribution is -2.33. The molecule has 1 aromatic heterocycles. The Morgan fingerprint density at radius 3 is 2.92 bits per heavy atom. The predicted octanol–water partition coefficient (Wildman–Crippen LogP) is 5.90. The summed E-state index contributed by atoms with van der Waals surface area (Å²) in [5.74, 6) is 2.44. The van der Waals surface area contributed by atoms with E-state index in [2.05, 4.69) is 44.2 Å². The highest BCUT2D eigenvalue weighted by Crippen LogP contribution is 2.54. The Hall–Kier alpha value is -1.39. The molecule has 2 aromatic rings. The van der Waals surface area contributed by atoms with Crippen LogP contribution in [0, 0.1) is 17.3 Å². The van der Waals surface area contributed by atoms with E-state index in [1.165, 1.54) is 10.3 Å². The Bertz CT molecular complexity index is 831. The van der Waals surface area contributed by atoms with Gasteiger partial charge in [-0.3, -0.25) is 4.79 Å². The molecular formula is C21H23NOS2. The number of benzene rings is 1. The Balaban J connectivity index is 1.55. The molecule has 1 heterocycles. The molecule has 4 heteroatoms. The zero-order chi connectivity index (χ0) is 17.4. The van der Waals surface area contributed by atoms with Gasteiger partial charge in [-0.15, -0.1) is 11.3 Å². The number of carbonyl (C=O) groups is 1. The van der Waals surface area contributed by atoms with Gasteiger partial charge in [-0.05, 0) is 42.9 Å². The summed E-state index contributed by atoms with van der Waals surface area (Å²) in [4.78, 5) is 16.5. The van der Waals surface area contributed by atoms with Crippen LogP contribution in [0.2, 0.25) is 0 Å². The standard InChI is InChI=1S/C21H23NOS2/c1-14(2)17-8-7-15(21(17)11-9-16(23)10-12-21)13-24-20-22-18-5-3-4-6-19(18)25-20/h3-6,8-9,11,14-15H,7,10,12-13H2,1-2H3/t15-,21+/m1/s1. The SMILES string of the molecule is CC(C)C1=CC[C@H](CSc2nc3ccccc3s2)[C@@]12C=CC(=O)CC2. The molecule has 2 aliphatic rings. The Morgan fingerprint density at radius 2 is 2.20 bits per heavy atom. The fourth-order valence-electron chi connectivity index (χ4n) is 4.30. The van der Waals surface area contributed by atoms with Crippen LogP contribution in [0.15, 0.2) is 52.4 Å². The van der Waals surface area contributed by atoms with Crippen LogP contribution in [-0.2, 0) is 4.79 Å². The summed E-state index contributed by atoms with van der Waals surface area (Å²) in [5.41, 5.74) is 2.72. The number of fused-ring (bicyclic) bond motifs is 1. The monoisotopic (exact) mass is 369 g/mol. The second-order valence-corrected chi connectivity index (χ2v) is 9.64. The van der Waals surface area contributed by atoms with Crippen LogP contribution >= 0.6 is 23.1 Å². The number of thiazole rings is 1. The smallest absolute Gasteiger partial charge is 0.155 e. The number of hydrogen-bond acceptors (Lipinski definition) is 4. The lowest BCUT2D eigenvalue weighted by atomic mass is 9.66. The van der Waals surface area contributed by atoms with E-state index in [1.54, 1.807) is 11.3 Å². The van der Waals surface area contributed by atoms with Gasteiger partial charge in [-0.25, -0.2) is 4.98 Å². The summed E-state index contributed by atoms with van der Waals surface area (Å²) in [6, 6.07) is 8.34. The number of rotatable bonds is 4. The molecule has 0 saturated carbocycles. The first kappa shape index (κ1) is 17.0. The molecule has 1 aromatic carbocycles. The van der Waals surface area contributed by atoms with Crippen LogP contribution < -0.4 is 0 Å². The summed E-state index contributed by atoms with van der Waals surface area (Å²) in [5, 5.41) is 0. The van der Waals surface area contributed by atoms with Gasteiger partial charge in [-0.1, -0.05) is 55.5 Å². The van der Waals surface area contributed by atoms with E-state index in [0.717, 1.165) is 28.5 Å². The maximum Gasteiger partial charge on any atom is 0.155 e. The molecule has 0 saturated heterocycles. The van der Waals surface area contributed by atoms with Gasteiger partial charge < -0.3 is 0 Å². The van der Waals surface area contributed by atoms with Gasteiger partial charge in [-0.2, -0.15) is 0 Å². The fourth-order valence-corrected chi connectivity index (χ4v) is 6.65. The van der Waals surface area contributed by atoms with E-state index < -0.39 is 0 Å². The van der Waals surface area contributed by atoms with Crippen LogP contribution in [-0.4, -0.2) is 16.5 Å². The molecule has 2 atom stereocenters. The number of ketones is 1. The third kappa shape index (κ3) is 3.11. The van der Waals surface area contributed by atoms with Gasteiger partial charge in [0.05, 0.1) is 10.2 Å². The number of aromatic nitrogens is 1. The Morgan fingerprint density at radius 1 is 1.36 bits per heavy atom. The van der Waals surface area contributed by atoms with E-state index in [-0.39, 0.29) is 11.2 Å². The van der Waals surface area contributed by atoms with Crippen molar-refractivity contribution >= 4 is 39.1 Å². The number of hydrogen-bond donors (Lipinski definition) is 0. The average Bonchev–Trinajstić information content (AvgIpc) is 3.17. The minimum atomic E-state index is 0.0890. The number of nitrogens with zero attached hydrogens (tertiary/aromatic N) is 1. The van der Waals surface area contributed by atoms with E-state index in [1.807, 2.05) is 23.9 Å². The summed E-state index contributed by atoms with van der Waals surface area (Å²) in [6.45, 7) is 4.56. The summed E-state index contributed by atoms with van der Waals surface area (Å²) < 4.78 is 2.42. The van der Waals surface area contributed by atoms with Crippen LogP contribution in [0.4, 0.5) is 0 Å². The van der Waals surface area contributed by atoms with Gasteiger partial charge in [0.25, 0.3) is 0 Å². The number of para-hydroxylation sites is 1. The van der Waals surface area contributed by atoms with Crippen molar-refractivity contribution in [1.29, 1.82) is 0 Å². The minimum Gasteiger partial charge on any atom is -0.295 e. The second-order valence-electron chi connectivity index (χ2n) is 7.35. The van der Waals surface area contributed by atoms with Crippen molar-refractivity contribution in [3.8, 4) is 0 Å². The molecule has 0 amide bonds. The number of thioether (sulfide) groups is 1. The third-order valence-electron chi connectivity index (χ3n) is 5.54. The van der Waals surface area contributed by atoms with Gasteiger partial charge in [0.1, 0.15) is 0 Å². The first-order valence-corrected chi connectivity index (χ1v) is 10.8. The van der Waals surface area contributed by atoms with E-state index in [9.17, 15) is 4.79 Å². The lowest BCUT2D eigenvalue weighted by molar-refractivity contribution is -0.115. The van der Waals surface area contributed by atoms with Gasteiger partial charge in [0.15, 0.2) is 10.1 Å². The normalized spacial score (nSPS) is 26.1. The average molecular weight is 370 g/mol. The van der Waals surface area contributed by atoms with Crippen molar-refractivity contribution in [2.75, 3.05) is 5.75 Å². The Kier molecular flexibility index (Phi) is 4.59. The summed E-state index contributed by atoms with van der Waals surface area (Å²) in [7, 11) is 0. The third-order valence-corrected chi connectivity index (χ3v) is 7.89. The number of allylic oxidation sites excluding steroid dienone is 4. The van der Waals surface area contributed by atoms with Crippen molar-refractivity contribution in [2.45, 2.75) is 37.4 Å². The maximum absolute atomic E-state index is 11.7. The van der Waals surface area contributed by atoms with Crippen LogP contribution in [0.3, 0.4) is 0 Å². The van der Waals surface area contributed by atoms with E-state index >= 15 is 0 Å². The molecule has 0 fully saturated rings. The molecule has 0 aliphatic heterocycles. The molecule has 25 heavy (non-hydrogen) atoms. The lowest BCUT2D eigenvalue weighted by Gasteiger charge is -2.39. The molecule has 1 spiro atoms. The predicted molar refractivity (Wildman–Crippen MR) is 107 cm³/mol. The highest BCUT2D eigenvalue weighted by Gasteiger charge is 2.45. The van der Waals surface area contributed by atoms with Crippen molar-refractivity contribution < 1.29 is 4.79 Å². The van der Waals surface area contributed by atoms with Gasteiger partial charge in [0.2, 0.25) is 0 Å².